The fraction of sp³-hybridized carbons (Fsp3) is 0.417. The average Bonchev–Trinajstić information content (AvgIpc) is 3.40. The Bertz CT molecular complexity index is 938. The lowest BCUT2D eigenvalue weighted by Gasteiger charge is -2.19. The van der Waals surface area contributed by atoms with E-state index in [9.17, 15) is 18.4 Å². The summed E-state index contributed by atoms with van der Waals surface area (Å²) in [6, 6.07) is 13.9. The molecule has 2 heterocycles. The summed E-state index contributed by atoms with van der Waals surface area (Å²) in [6.07, 6.45) is 1.90. The second-order valence-corrected chi connectivity index (χ2v) is 8.42. The Labute approximate surface area is 181 Å². The number of carbonyl (C=O) groups excluding carboxylic acids is 2. The van der Waals surface area contributed by atoms with Crippen LogP contribution in [0.3, 0.4) is 0 Å². The van der Waals surface area contributed by atoms with E-state index < -0.39 is 11.6 Å². The molecule has 1 N–H and O–H groups in total. The summed E-state index contributed by atoms with van der Waals surface area (Å²) in [5.41, 5.74) is 1.83. The van der Waals surface area contributed by atoms with Gasteiger partial charge in [0.2, 0.25) is 11.8 Å². The van der Waals surface area contributed by atoms with Crippen LogP contribution in [0.25, 0.3) is 0 Å². The molecule has 0 bridgehead atoms. The van der Waals surface area contributed by atoms with Crippen molar-refractivity contribution in [3.8, 4) is 0 Å². The molecule has 0 saturated carbocycles. The summed E-state index contributed by atoms with van der Waals surface area (Å²) in [4.78, 5) is 28.7. The number of hydrogen-bond acceptors (Lipinski definition) is 3. The van der Waals surface area contributed by atoms with Crippen LogP contribution in [0.1, 0.15) is 18.4 Å². The molecule has 2 fully saturated rings. The van der Waals surface area contributed by atoms with E-state index in [2.05, 4.69) is 5.32 Å². The van der Waals surface area contributed by atoms with E-state index in [1.165, 1.54) is 11.6 Å². The van der Waals surface area contributed by atoms with Crippen LogP contribution in [0.4, 0.5) is 14.5 Å². The zero-order chi connectivity index (χ0) is 21.8. The highest BCUT2D eigenvalue weighted by atomic mass is 19.2. The predicted octanol–water partition coefficient (Wildman–Crippen LogP) is 3.00. The van der Waals surface area contributed by atoms with E-state index in [0.29, 0.717) is 31.9 Å². The van der Waals surface area contributed by atoms with Gasteiger partial charge in [-0.05, 0) is 36.5 Å². The Balaban J connectivity index is 1.22. The molecule has 0 aromatic heterocycles. The Morgan fingerprint density at radius 3 is 2.65 bits per heavy atom. The van der Waals surface area contributed by atoms with Gasteiger partial charge in [-0.25, -0.2) is 8.78 Å². The first-order valence-electron chi connectivity index (χ1n) is 10.8. The van der Waals surface area contributed by atoms with Crippen LogP contribution >= 0.6 is 0 Å². The van der Waals surface area contributed by atoms with Gasteiger partial charge in [0.1, 0.15) is 0 Å². The molecule has 2 aliphatic rings. The second-order valence-electron chi connectivity index (χ2n) is 8.42. The third-order valence-corrected chi connectivity index (χ3v) is 6.22. The van der Waals surface area contributed by atoms with Gasteiger partial charge < -0.3 is 15.1 Å². The van der Waals surface area contributed by atoms with E-state index >= 15 is 0 Å². The smallest absolute Gasteiger partial charge is 0.225 e. The first-order valence-corrected chi connectivity index (χ1v) is 10.8. The van der Waals surface area contributed by atoms with Crippen molar-refractivity contribution in [3.05, 3.63) is 65.7 Å². The number of likely N-dealkylation sites (tertiary alicyclic amines) is 1. The molecule has 2 aromatic carbocycles. The lowest BCUT2D eigenvalue weighted by Crippen LogP contribution is -2.36. The summed E-state index contributed by atoms with van der Waals surface area (Å²) >= 11 is 0. The topological polar surface area (TPSA) is 52.7 Å². The molecule has 31 heavy (non-hydrogen) atoms. The number of halogens is 2. The van der Waals surface area contributed by atoms with Crippen molar-refractivity contribution in [2.45, 2.75) is 19.3 Å². The van der Waals surface area contributed by atoms with Gasteiger partial charge in [0.25, 0.3) is 0 Å². The third kappa shape index (κ3) is 5.21. The first-order chi connectivity index (χ1) is 15.0. The SMILES string of the molecule is O=C(NCC1CCN(c2ccc(F)c(F)c2)C1)C1CC(=O)N(CCc2ccccc2)C1. The molecule has 7 heteroatoms. The second kappa shape index (κ2) is 9.45. The normalized spacial score (nSPS) is 21.0. The molecule has 0 aliphatic carbocycles. The van der Waals surface area contributed by atoms with Crippen LogP contribution in [0, 0.1) is 23.5 Å². The summed E-state index contributed by atoms with van der Waals surface area (Å²) in [5, 5.41) is 3.00. The quantitative estimate of drug-likeness (QED) is 0.739. The molecule has 5 nitrogen and oxygen atoms in total. The number of hydrogen-bond donors (Lipinski definition) is 1. The van der Waals surface area contributed by atoms with Crippen LogP contribution < -0.4 is 10.2 Å². The average molecular weight is 427 g/mol. The van der Waals surface area contributed by atoms with E-state index in [4.69, 9.17) is 0 Å². The van der Waals surface area contributed by atoms with Gasteiger partial charge in [-0.1, -0.05) is 30.3 Å². The van der Waals surface area contributed by atoms with Crippen molar-refractivity contribution < 1.29 is 18.4 Å². The highest BCUT2D eigenvalue weighted by Crippen LogP contribution is 2.25. The van der Waals surface area contributed by atoms with E-state index in [1.54, 1.807) is 11.0 Å². The van der Waals surface area contributed by atoms with Gasteiger partial charge in [-0.2, -0.15) is 0 Å². The minimum atomic E-state index is -0.851. The molecule has 2 aliphatic heterocycles. The van der Waals surface area contributed by atoms with E-state index in [0.717, 1.165) is 25.5 Å². The number of carbonyl (C=O) groups is 2. The van der Waals surface area contributed by atoms with Crippen molar-refractivity contribution in [2.75, 3.05) is 37.6 Å². The van der Waals surface area contributed by atoms with E-state index in [1.807, 2.05) is 35.2 Å². The maximum absolute atomic E-state index is 13.5. The fourth-order valence-electron chi connectivity index (χ4n) is 4.38. The minimum absolute atomic E-state index is 0.0291. The molecule has 2 unspecified atom stereocenters. The summed E-state index contributed by atoms with van der Waals surface area (Å²) < 4.78 is 26.6. The number of nitrogens with zero attached hydrogens (tertiary/aromatic N) is 2. The van der Waals surface area contributed by atoms with Gasteiger partial charge in [0, 0.05) is 50.9 Å². The molecular weight excluding hydrogens is 400 g/mol. The first kappa shape index (κ1) is 21.3. The zero-order valence-electron chi connectivity index (χ0n) is 17.4. The van der Waals surface area contributed by atoms with Crippen molar-refractivity contribution >= 4 is 17.5 Å². The Morgan fingerprint density at radius 1 is 1.06 bits per heavy atom. The molecule has 0 spiro atoms. The molecule has 2 amide bonds. The fourth-order valence-corrected chi connectivity index (χ4v) is 4.38. The van der Waals surface area contributed by atoms with Gasteiger partial charge in [0.15, 0.2) is 11.6 Å². The lowest BCUT2D eigenvalue weighted by atomic mass is 10.1. The summed E-state index contributed by atoms with van der Waals surface area (Å²) in [5.74, 6) is -1.83. The van der Waals surface area contributed by atoms with E-state index in [-0.39, 0.29) is 30.1 Å². The Morgan fingerprint density at radius 2 is 1.87 bits per heavy atom. The highest BCUT2D eigenvalue weighted by molar-refractivity contribution is 5.89. The molecule has 4 rings (SSSR count). The number of amides is 2. The van der Waals surface area contributed by atoms with Gasteiger partial charge >= 0.3 is 0 Å². The standard InChI is InChI=1S/C24H27F2N3O2/c25-21-7-6-20(13-22(21)26)28-10-9-18(15-28)14-27-24(31)19-12-23(30)29(16-19)11-8-17-4-2-1-3-5-17/h1-7,13,18-19H,8-12,14-16H2,(H,27,31). The number of benzene rings is 2. The van der Waals surface area contributed by atoms with Crippen molar-refractivity contribution in [2.24, 2.45) is 11.8 Å². The summed E-state index contributed by atoms with van der Waals surface area (Å²) in [7, 11) is 0. The molecule has 0 radical (unpaired) electrons. The number of rotatable bonds is 7. The molecule has 2 atom stereocenters. The minimum Gasteiger partial charge on any atom is -0.371 e. The molecule has 164 valence electrons. The third-order valence-electron chi connectivity index (χ3n) is 6.22. The van der Waals surface area contributed by atoms with Crippen LogP contribution in [-0.4, -0.2) is 49.4 Å². The van der Waals surface area contributed by atoms with Crippen LogP contribution in [0.15, 0.2) is 48.5 Å². The molecule has 2 saturated heterocycles. The molecular formula is C24H27F2N3O2. The van der Waals surface area contributed by atoms with Crippen LogP contribution in [0.2, 0.25) is 0 Å². The van der Waals surface area contributed by atoms with Gasteiger partial charge in [-0.3, -0.25) is 9.59 Å². The van der Waals surface area contributed by atoms with Gasteiger partial charge in [0.05, 0.1) is 5.92 Å². The molecule has 2 aromatic rings. The highest BCUT2D eigenvalue weighted by Gasteiger charge is 2.34. The van der Waals surface area contributed by atoms with Crippen molar-refractivity contribution in [1.29, 1.82) is 0 Å². The van der Waals surface area contributed by atoms with Gasteiger partial charge in [-0.15, -0.1) is 0 Å². The monoisotopic (exact) mass is 427 g/mol. The Hall–Kier alpha value is -2.96. The number of nitrogens with one attached hydrogen (secondary N) is 1. The zero-order valence-corrected chi connectivity index (χ0v) is 17.4. The van der Waals surface area contributed by atoms with Crippen LogP contribution in [-0.2, 0) is 16.0 Å². The maximum atomic E-state index is 13.5. The predicted molar refractivity (Wildman–Crippen MR) is 115 cm³/mol. The summed E-state index contributed by atoms with van der Waals surface area (Å²) in [6.45, 7) is 3.02. The van der Waals surface area contributed by atoms with Crippen molar-refractivity contribution in [3.63, 3.8) is 0 Å². The Kier molecular flexibility index (Phi) is 6.49. The largest absolute Gasteiger partial charge is 0.371 e. The van der Waals surface area contributed by atoms with Crippen LogP contribution in [0.5, 0.6) is 0 Å². The van der Waals surface area contributed by atoms with Crippen molar-refractivity contribution in [1.82, 2.24) is 10.2 Å². The lowest BCUT2D eigenvalue weighted by molar-refractivity contribution is -0.129. The maximum Gasteiger partial charge on any atom is 0.225 e. The number of anilines is 1.